The Hall–Kier alpha value is -1.91. The molecule has 0 saturated carbocycles. The van der Waals surface area contributed by atoms with Crippen LogP contribution in [0, 0.1) is 11.7 Å². The molecule has 0 fully saturated rings. The third kappa shape index (κ3) is 3.77. The molecule has 5 heteroatoms. The Bertz CT molecular complexity index is 488. The molecule has 4 nitrogen and oxygen atoms in total. The lowest BCUT2D eigenvalue weighted by molar-refractivity contribution is 0.0693. The zero-order valence-electron chi connectivity index (χ0n) is 11.3. The summed E-state index contributed by atoms with van der Waals surface area (Å²) in [6.07, 6.45) is 0.929. The predicted octanol–water partition coefficient (Wildman–Crippen LogP) is 2.64. The van der Waals surface area contributed by atoms with Crippen LogP contribution in [-0.4, -0.2) is 35.5 Å². The van der Waals surface area contributed by atoms with Gasteiger partial charge in [0.15, 0.2) is 0 Å². The van der Waals surface area contributed by atoms with E-state index in [1.807, 2.05) is 13.8 Å². The van der Waals surface area contributed by atoms with Crippen LogP contribution in [0.4, 0.5) is 4.39 Å². The summed E-state index contributed by atoms with van der Waals surface area (Å²) >= 11 is 0. The summed E-state index contributed by atoms with van der Waals surface area (Å²) < 4.78 is 13.7. The fourth-order valence-electron chi connectivity index (χ4n) is 1.71. The zero-order valence-corrected chi connectivity index (χ0v) is 11.3. The number of hydrogen-bond acceptors (Lipinski definition) is 2. The van der Waals surface area contributed by atoms with Crippen LogP contribution in [0.15, 0.2) is 18.2 Å². The summed E-state index contributed by atoms with van der Waals surface area (Å²) in [7, 11) is 1.61. The Balaban J connectivity index is 2.91. The van der Waals surface area contributed by atoms with Gasteiger partial charge in [-0.1, -0.05) is 20.3 Å². The first-order valence-electron chi connectivity index (χ1n) is 6.15. The molecule has 1 aromatic carbocycles. The summed E-state index contributed by atoms with van der Waals surface area (Å²) in [5.74, 6) is -2.13. The second-order valence-electron chi connectivity index (χ2n) is 4.70. The van der Waals surface area contributed by atoms with E-state index in [0.29, 0.717) is 12.5 Å². The molecule has 19 heavy (non-hydrogen) atoms. The molecule has 0 bridgehead atoms. The molecule has 0 saturated heterocycles. The van der Waals surface area contributed by atoms with Crippen LogP contribution in [0.2, 0.25) is 0 Å². The van der Waals surface area contributed by atoms with Crippen molar-refractivity contribution in [3.05, 3.63) is 35.1 Å². The molecule has 1 rings (SSSR count). The van der Waals surface area contributed by atoms with Crippen molar-refractivity contribution in [1.29, 1.82) is 0 Å². The van der Waals surface area contributed by atoms with Gasteiger partial charge >= 0.3 is 5.97 Å². The van der Waals surface area contributed by atoms with Gasteiger partial charge in [0.1, 0.15) is 5.82 Å². The molecular weight excluding hydrogens is 249 g/mol. The molecule has 0 radical (unpaired) electrons. The highest BCUT2D eigenvalue weighted by Gasteiger charge is 2.18. The average molecular weight is 267 g/mol. The third-order valence-corrected chi connectivity index (χ3v) is 3.08. The average Bonchev–Trinajstić information content (AvgIpc) is 2.37. The number of benzene rings is 1. The third-order valence-electron chi connectivity index (χ3n) is 3.08. The summed E-state index contributed by atoms with van der Waals surface area (Å²) in [6, 6.07) is 3.32. The van der Waals surface area contributed by atoms with E-state index in [4.69, 9.17) is 5.11 Å². The van der Waals surface area contributed by atoms with Crippen molar-refractivity contribution in [2.24, 2.45) is 5.92 Å². The van der Waals surface area contributed by atoms with E-state index in [0.717, 1.165) is 12.5 Å². The molecule has 0 spiro atoms. The highest BCUT2D eigenvalue weighted by Crippen LogP contribution is 2.14. The molecule has 1 amide bonds. The first kappa shape index (κ1) is 15.1. The Morgan fingerprint density at radius 3 is 2.53 bits per heavy atom. The van der Waals surface area contributed by atoms with E-state index >= 15 is 0 Å². The Kier molecular flexibility index (Phi) is 5.03. The fraction of sp³-hybridized carbons (Fsp3) is 0.429. The van der Waals surface area contributed by atoms with Crippen molar-refractivity contribution in [2.75, 3.05) is 13.6 Å². The normalized spacial score (nSPS) is 12.0. The monoisotopic (exact) mass is 267 g/mol. The molecule has 0 heterocycles. The SMILES string of the molecule is CCC(C)CN(C)C(=O)c1ccc(C(=O)O)cc1F. The van der Waals surface area contributed by atoms with Crippen LogP contribution in [0.3, 0.4) is 0 Å². The molecule has 104 valence electrons. The minimum atomic E-state index is -1.22. The number of carbonyl (C=O) groups is 2. The highest BCUT2D eigenvalue weighted by molar-refractivity contribution is 5.96. The maximum Gasteiger partial charge on any atom is 0.335 e. The molecule has 0 aliphatic rings. The van der Waals surface area contributed by atoms with Crippen molar-refractivity contribution in [3.63, 3.8) is 0 Å². The molecule has 1 N–H and O–H groups in total. The second-order valence-corrected chi connectivity index (χ2v) is 4.70. The van der Waals surface area contributed by atoms with Crippen LogP contribution in [0.5, 0.6) is 0 Å². The zero-order chi connectivity index (χ0) is 14.6. The van der Waals surface area contributed by atoms with Gasteiger partial charge in [0.05, 0.1) is 11.1 Å². The lowest BCUT2D eigenvalue weighted by atomic mass is 10.1. The number of nitrogens with zero attached hydrogens (tertiary/aromatic N) is 1. The number of halogens is 1. The first-order chi connectivity index (χ1) is 8.86. The Morgan fingerprint density at radius 1 is 1.42 bits per heavy atom. The minimum absolute atomic E-state index is 0.101. The summed E-state index contributed by atoms with van der Waals surface area (Å²) in [6.45, 7) is 4.56. The lowest BCUT2D eigenvalue weighted by Gasteiger charge is -2.21. The van der Waals surface area contributed by atoms with Crippen LogP contribution >= 0.6 is 0 Å². The van der Waals surface area contributed by atoms with Gasteiger partial charge in [-0.2, -0.15) is 0 Å². The van der Waals surface area contributed by atoms with Crippen molar-refractivity contribution < 1.29 is 19.1 Å². The van der Waals surface area contributed by atoms with Crippen LogP contribution in [0.1, 0.15) is 41.0 Å². The van der Waals surface area contributed by atoms with Crippen molar-refractivity contribution in [3.8, 4) is 0 Å². The maximum absolute atomic E-state index is 13.7. The van der Waals surface area contributed by atoms with Crippen molar-refractivity contribution >= 4 is 11.9 Å². The maximum atomic E-state index is 13.7. The van der Waals surface area contributed by atoms with Gasteiger partial charge in [-0.3, -0.25) is 4.79 Å². The van der Waals surface area contributed by atoms with Gasteiger partial charge in [0.2, 0.25) is 0 Å². The minimum Gasteiger partial charge on any atom is -0.478 e. The van der Waals surface area contributed by atoms with E-state index in [1.54, 1.807) is 7.05 Å². The van der Waals surface area contributed by atoms with E-state index in [9.17, 15) is 14.0 Å². The second kappa shape index (κ2) is 6.31. The predicted molar refractivity (Wildman–Crippen MR) is 69.8 cm³/mol. The summed E-state index contributed by atoms with van der Waals surface area (Å²) in [5, 5.41) is 8.74. The number of carboxylic acids is 1. The molecular formula is C14H18FNO3. The number of hydrogen-bond donors (Lipinski definition) is 1. The number of aromatic carboxylic acids is 1. The van der Waals surface area contributed by atoms with Gasteiger partial charge in [-0.05, 0) is 24.1 Å². The smallest absolute Gasteiger partial charge is 0.335 e. The molecule has 0 aliphatic carbocycles. The molecule has 1 unspecified atom stereocenters. The number of amides is 1. The molecule has 1 aromatic rings. The quantitative estimate of drug-likeness (QED) is 0.892. The van der Waals surface area contributed by atoms with E-state index in [-0.39, 0.29) is 11.1 Å². The van der Waals surface area contributed by atoms with Crippen LogP contribution in [0.25, 0.3) is 0 Å². The Labute approximate surface area is 111 Å². The Morgan fingerprint density at radius 2 is 2.05 bits per heavy atom. The molecule has 0 aliphatic heterocycles. The number of rotatable bonds is 5. The summed E-state index contributed by atoms with van der Waals surface area (Å²) in [4.78, 5) is 24.2. The summed E-state index contributed by atoms with van der Waals surface area (Å²) in [5.41, 5.74) is -0.269. The number of carboxylic acid groups (broad SMARTS) is 1. The van der Waals surface area contributed by atoms with Crippen molar-refractivity contribution in [1.82, 2.24) is 4.90 Å². The van der Waals surface area contributed by atoms with Crippen LogP contribution < -0.4 is 0 Å². The van der Waals surface area contributed by atoms with Gasteiger partial charge in [-0.25, -0.2) is 9.18 Å². The highest BCUT2D eigenvalue weighted by atomic mass is 19.1. The first-order valence-corrected chi connectivity index (χ1v) is 6.15. The topological polar surface area (TPSA) is 57.6 Å². The van der Waals surface area contributed by atoms with Gasteiger partial charge in [0.25, 0.3) is 5.91 Å². The molecule has 0 aromatic heterocycles. The molecule has 1 atom stereocenters. The lowest BCUT2D eigenvalue weighted by Crippen LogP contribution is -2.31. The van der Waals surface area contributed by atoms with E-state index in [1.165, 1.54) is 17.0 Å². The largest absolute Gasteiger partial charge is 0.478 e. The van der Waals surface area contributed by atoms with E-state index in [2.05, 4.69) is 0 Å². The van der Waals surface area contributed by atoms with E-state index < -0.39 is 17.7 Å². The fourth-order valence-corrected chi connectivity index (χ4v) is 1.71. The van der Waals surface area contributed by atoms with Gasteiger partial charge in [-0.15, -0.1) is 0 Å². The number of carbonyl (C=O) groups excluding carboxylic acids is 1. The van der Waals surface area contributed by atoms with Gasteiger partial charge < -0.3 is 10.0 Å². The standard InChI is InChI=1S/C14H18FNO3/c1-4-9(2)8-16(3)13(17)11-6-5-10(14(18)19)7-12(11)15/h5-7,9H,4,8H2,1-3H3,(H,18,19). The van der Waals surface area contributed by atoms with Gasteiger partial charge in [0, 0.05) is 13.6 Å². The van der Waals surface area contributed by atoms with Crippen LogP contribution in [-0.2, 0) is 0 Å². The van der Waals surface area contributed by atoms with Crippen molar-refractivity contribution in [2.45, 2.75) is 20.3 Å².